The fourth-order valence-electron chi connectivity index (χ4n) is 1.57. The van der Waals surface area contributed by atoms with Crippen LogP contribution < -0.4 is 5.73 Å². The second-order valence-electron chi connectivity index (χ2n) is 3.61. The fourth-order valence-corrected chi connectivity index (χ4v) is 2.33. The van der Waals surface area contributed by atoms with Crippen LogP contribution in [0.4, 0.5) is 0 Å². The van der Waals surface area contributed by atoms with Crippen LogP contribution in [-0.4, -0.2) is 9.55 Å². The van der Waals surface area contributed by atoms with E-state index in [4.69, 9.17) is 5.73 Å². The number of hydrogen-bond donors (Lipinski definition) is 1. The molecule has 3 nitrogen and oxygen atoms in total. The van der Waals surface area contributed by atoms with Gasteiger partial charge < -0.3 is 10.3 Å². The van der Waals surface area contributed by atoms with Crippen molar-refractivity contribution in [3.63, 3.8) is 0 Å². The van der Waals surface area contributed by atoms with Gasteiger partial charge in [0.1, 0.15) is 5.82 Å². The summed E-state index contributed by atoms with van der Waals surface area (Å²) in [7, 11) is 2.01. The van der Waals surface area contributed by atoms with Crippen LogP contribution in [0.25, 0.3) is 0 Å². The molecule has 2 aromatic rings. The van der Waals surface area contributed by atoms with Crippen molar-refractivity contribution >= 4 is 11.3 Å². The maximum Gasteiger partial charge on any atom is 0.108 e. The number of nitrogens with two attached hydrogens (primary N) is 1. The topological polar surface area (TPSA) is 43.8 Å². The van der Waals surface area contributed by atoms with Crippen LogP contribution in [-0.2, 0) is 13.5 Å². The van der Waals surface area contributed by atoms with Crippen LogP contribution in [0, 0.1) is 0 Å². The Morgan fingerprint density at radius 1 is 1.60 bits per heavy atom. The predicted octanol–water partition coefficient (Wildman–Crippen LogP) is 2.11. The second-order valence-corrected chi connectivity index (χ2v) is 4.59. The fraction of sp³-hybridized carbons (Fsp3) is 0.364. The summed E-state index contributed by atoms with van der Waals surface area (Å²) in [5, 5.41) is 2.07. The number of hydrogen-bond acceptors (Lipinski definition) is 3. The monoisotopic (exact) mass is 221 g/mol. The highest BCUT2D eigenvalue weighted by Gasteiger charge is 2.08. The lowest BCUT2D eigenvalue weighted by atomic mass is 10.1. The number of imidazole rings is 1. The average Bonchev–Trinajstić information content (AvgIpc) is 2.85. The molecule has 80 valence electrons. The average molecular weight is 221 g/mol. The Hall–Kier alpha value is -1.13. The lowest BCUT2D eigenvalue weighted by Gasteiger charge is -2.08. The zero-order chi connectivity index (χ0) is 10.7. The second kappa shape index (κ2) is 4.59. The van der Waals surface area contributed by atoms with Crippen LogP contribution in [0.1, 0.15) is 23.2 Å². The van der Waals surface area contributed by atoms with Crippen LogP contribution >= 0.6 is 11.3 Å². The number of nitrogens with zero attached hydrogens (tertiary/aromatic N) is 2. The highest BCUT2D eigenvalue weighted by molar-refractivity contribution is 7.10. The molecule has 15 heavy (non-hydrogen) atoms. The maximum atomic E-state index is 6.08. The van der Waals surface area contributed by atoms with Gasteiger partial charge in [-0.2, -0.15) is 0 Å². The number of aryl methyl sites for hydroxylation is 2. The van der Waals surface area contributed by atoms with Crippen molar-refractivity contribution in [3.05, 3.63) is 40.6 Å². The zero-order valence-electron chi connectivity index (χ0n) is 8.76. The van der Waals surface area contributed by atoms with Crippen molar-refractivity contribution in [3.8, 4) is 0 Å². The van der Waals surface area contributed by atoms with E-state index >= 15 is 0 Å². The summed E-state index contributed by atoms with van der Waals surface area (Å²) in [5.41, 5.74) is 6.08. The first-order chi connectivity index (χ1) is 7.27. The normalized spacial score (nSPS) is 12.9. The van der Waals surface area contributed by atoms with Crippen molar-refractivity contribution in [1.82, 2.24) is 9.55 Å². The van der Waals surface area contributed by atoms with Gasteiger partial charge in [-0.25, -0.2) is 4.98 Å². The van der Waals surface area contributed by atoms with E-state index in [1.807, 2.05) is 30.1 Å². The first-order valence-electron chi connectivity index (χ1n) is 5.02. The Labute approximate surface area is 93.6 Å². The van der Waals surface area contributed by atoms with Gasteiger partial charge in [-0.1, -0.05) is 6.07 Å². The molecule has 1 atom stereocenters. The van der Waals surface area contributed by atoms with Crippen molar-refractivity contribution in [2.45, 2.75) is 18.9 Å². The lowest BCUT2D eigenvalue weighted by Crippen LogP contribution is -2.11. The van der Waals surface area contributed by atoms with Crippen LogP contribution in [0.5, 0.6) is 0 Å². The van der Waals surface area contributed by atoms with E-state index in [0.29, 0.717) is 0 Å². The van der Waals surface area contributed by atoms with Gasteiger partial charge in [0, 0.05) is 36.8 Å². The third-order valence-corrected chi connectivity index (χ3v) is 3.51. The van der Waals surface area contributed by atoms with E-state index in [9.17, 15) is 0 Å². The van der Waals surface area contributed by atoms with E-state index in [0.717, 1.165) is 18.7 Å². The summed E-state index contributed by atoms with van der Waals surface area (Å²) in [4.78, 5) is 5.53. The van der Waals surface area contributed by atoms with Gasteiger partial charge in [0.2, 0.25) is 0 Å². The molecule has 2 N–H and O–H groups in total. The molecule has 0 fully saturated rings. The smallest absolute Gasteiger partial charge is 0.108 e. The minimum absolute atomic E-state index is 0.140. The molecule has 0 amide bonds. The lowest BCUT2D eigenvalue weighted by molar-refractivity contribution is 0.629. The molecule has 0 aliphatic heterocycles. The van der Waals surface area contributed by atoms with E-state index in [-0.39, 0.29) is 6.04 Å². The first kappa shape index (κ1) is 10.4. The van der Waals surface area contributed by atoms with Crippen LogP contribution in [0.3, 0.4) is 0 Å². The summed E-state index contributed by atoms with van der Waals surface area (Å²) in [6.45, 7) is 0. The molecule has 0 saturated heterocycles. The van der Waals surface area contributed by atoms with Gasteiger partial charge in [-0.3, -0.25) is 0 Å². The SMILES string of the molecule is Cn1ccnc1CCC(N)c1cccs1. The van der Waals surface area contributed by atoms with Crippen molar-refractivity contribution < 1.29 is 0 Å². The summed E-state index contributed by atoms with van der Waals surface area (Å²) in [6, 6.07) is 4.27. The third kappa shape index (κ3) is 2.46. The Balaban J connectivity index is 1.91. The Morgan fingerprint density at radius 3 is 3.07 bits per heavy atom. The van der Waals surface area contributed by atoms with Crippen molar-refractivity contribution in [2.75, 3.05) is 0 Å². The van der Waals surface area contributed by atoms with Crippen LogP contribution in [0.15, 0.2) is 29.9 Å². The third-order valence-electron chi connectivity index (χ3n) is 2.51. The van der Waals surface area contributed by atoms with E-state index in [1.165, 1.54) is 4.88 Å². The number of rotatable bonds is 4. The molecular formula is C11H15N3S. The maximum absolute atomic E-state index is 6.08. The van der Waals surface area contributed by atoms with Gasteiger partial charge in [-0.05, 0) is 17.9 Å². The molecule has 2 rings (SSSR count). The van der Waals surface area contributed by atoms with Gasteiger partial charge >= 0.3 is 0 Å². The zero-order valence-corrected chi connectivity index (χ0v) is 9.57. The minimum Gasteiger partial charge on any atom is -0.338 e. The molecule has 0 spiro atoms. The molecule has 1 unspecified atom stereocenters. The molecule has 0 aromatic carbocycles. The molecule has 0 radical (unpaired) electrons. The van der Waals surface area contributed by atoms with E-state index < -0.39 is 0 Å². The van der Waals surface area contributed by atoms with E-state index in [1.54, 1.807) is 11.3 Å². The first-order valence-corrected chi connectivity index (χ1v) is 5.90. The summed E-state index contributed by atoms with van der Waals surface area (Å²) < 4.78 is 2.04. The predicted molar refractivity (Wildman–Crippen MR) is 62.8 cm³/mol. The summed E-state index contributed by atoms with van der Waals surface area (Å²) in [6.07, 6.45) is 5.67. The highest BCUT2D eigenvalue weighted by atomic mass is 32.1. The van der Waals surface area contributed by atoms with Crippen molar-refractivity contribution in [2.24, 2.45) is 12.8 Å². The molecule has 4 heteroatoms. The van der Waals surface area contributed by atoms with Crippen molar-refractivity contribution in [1.29, 1.82) is 0 Å². The molecule has 2 aromatic heterocycles. The van der Waals surface area contributed by atoms with Gasteiger partial charge in [-0.15, -0.1) is 11.3 Å². The molecule has 0 aliphatic carbocycles. The number of thiophene rings is 1. The molecular weight excluding hydrogens is 206 g/mol. The Bertz CT molecular complexity index is 405. The highest BCUT2D eigenvalue weighted by Crippen LogP contribution is 2.20. The molecule has 0 aliphatic rings. The minimum atomic E-state index is 0.140. The van der Waals surface area contributed by atoms with Gasteiger partial charge in [0.25, 0.3) is 0 Å². The quantitative estimate of drug-likeness (QED) is 0.859. The van der Waals surface area contributed by atoms with Crippen LogP contribution in [0.2, 0.25) is 0 Å². The Morgan fingerprint density at radius 2 is 2.47 bits per heavy atom. The number of aromatic nitrogens is 2. The largest absolute Gasteiger partial charge is 0.338 e. The molecule has 2 heterocycles. The summed E-state index contributed by atoms with van der Waals surface area (Å²) >= 11 is 1.72. The van der Waals surface area contributed by atoms with Gasteiger partial charge in [0.05, 0.1) is 0 Å². The standard InChI is InChI=1S/C11H15N3S/c1-14-7-6-13-11(14)5-4-9(12)10-3-2-8-15-10/h2-3,6-9H,4-5,12H2,1H3. The van der Waals surface area contributed by atoms with E-state index in [2.05, 4.69) is 16.4 Å². The van der Waals surface area contributed by atoms with Gasteiger partial charge in [0.15, 0.2) is 0 Å². The summed E-state index contributed by atoms with van der Waals surface area (Å²) in [5.74, 6) is 1.10. The molecule has 0 bridgehead atoms. The Kier molecular flexibility index (Phi) is 3.18. The molecule has 0 saturated carbocycles.